The lowest BCUT2D eigenvalue weighted by atomic mass is 9.77. The van der Waals surface area contributed by atoms with Gasteiger partial charge >= 0.3 is 0 Å². The predicted molar refractivity (Wildman–Crippen MR) is 95.0 cm³/mol. The normalized spacial score (nSPS) is 22.0. The minimum Gasteiger partial charge on any atom is -0.373 e. The first-order valence-corrected chi connectivity index (χ1v) is 8.76. The second-order valence-electron chi connectivity index (χ2n) is 6.38. The van der Waals surface area contributed by atoms with E-state index in [0.717, 1.165) is 18.3 Å². The molecule has 0 saturated heterocycles. The highest BCUT2D eigenvalue weighted by atomic mass is 16.5. The van der Waals surface area contributed by atoms with Crippen molar-refractivity contribution >= 4 is 0 Å². The first kappa shape index (κ1) is 17.0. The number of hydrogen-bond donors (Lipinski definition) is 0. The summed E-state index contributed by atoms with van der Waals surface area (Å²) in [6.45, 7) is 7.43. The SMILES string of the molecule is C=CCC1CCC(c2ccc(COCC=CCC)cc2)CC1. The smallest absolute Gasteiger partial charge is 0.0721 e. The molecular weight excluding hydrogens is 268 g/mol. The quantitative estimate of drug-likeness (QED) is 0.421. The maximum atomic E-state index is 5.65. The summed E-state index contributed by atoms with van der Waals surface area (Å²) in [5.41, 5.74) is 2.78. The number of ether oxygens (including phenoxy) is 1. The van der Waals surface area contributed by atoms with Crippen molar-refractivity contribution in [3.63, 3.8) is 0 Å². The second-order valence-corrected chi connectivity index (χ2v) is 6.38. The van der Waals surface area contributed by atoms with Gasteiger partial charge in [0.15, 0.2) is 0 Å². The van der Waals surface area contributed by atoms with Gasteiger partial charge in [0.25, 0.3) is 0 Å². The summed E-state index contributed by atoms with van der Waals surface area (Å²) >= 11 is 0. The molecule has 0 aliphatic heterocycles. The Bertz CT molecular complexity index is 449. The molecule has 1 saturated carbocycles. The lowest BCUT2D eigenvalue weighted by Gasteiger charge is -2.28. The van der Waals surface area contributed by atoms with Crippen molar-refractivity contribution in [2.24, 2.45) is 5.92 Å². The van der Waals surface area contributed by atoms with Crippen molar-refractivity contribution < 1.29 is 4.74 Å². The molecule has 1 aliphatic carbocycles. The van der Waals surface area contributed by atoms with Crippen LogP contribution >= 0.6 is 0 Å². The van der Waals surface area contributed by atoms with Crippen LogP contribution in [0.25, 0.3) is 0 Å². The topological polar surface area (TPSA) is 9.23 Å². The molecule has 1 aliphatic rings. The molecule has 0 bridgehead atoms. The zero-order valence-electron chi connectivity index (χ0n) is 14.0. The number of allylic oxidation sites excluding steroid dienone is 2. The van der Waals surface area contributed by atoms with E-state index >= 15 is 0 Å². The van der Waals surface area contributed by atoms with Gasteiger partial charge in [0.1, 0.15) is 0 Å². The van der Waals surface area contributed by atoms with E-state index in [1.54, 1.807) is 0 Å². The molecule has 0 atom stereocenters. The van der Waals surface area contributed by atoms with Gasteiger partial charge in [-0.05, 0) is 61.5 Å². The summed E-state index contributed by atoms with van der Waals surface area (Å²) < 4.78 is 5.65. The van der Waals surface area contributed by atoms with Crippen LogP contribution in [-0.4, -0.2) is 6.61 Å². The van der Waals surface area contributed by atoms with Gasteiger partial charge in [-0.2, -0.15) is 0 Å². The average Bonchev–Trinajstić information content (AvgIpc) is 2.56. The maximum Gasteiger partial charge on any atom is 0.0721 e. The van der Waals surface area contributed by atoms with Gasteiger partial charge < -0.3 is 4.74 Å². The third-order valence-corrected chi connectivity index (χ3v) is 4.68. The van der Waals surface area contributed by atoms with Gasteiger partial charge in [0.2, 0.25) is 0 Å². The maximum absolute atomic E-state index is 5.65. The Labute approximate surface area is 136 Å². The molecule has 0 unspecified atom stereocenters. The molecule has 1 fully saturated rings. The van der Waals surface area contributed by atoms with Crippen LogP contribution in [0.5, 0.6) is 0 Å². The van der Waals surface area contributed by atoms with Crippen LogP contribution in [0.1, 0.15) is 62.5 Å². The van der Waals surface area contributed by atoms with Crippen molar-refractivity contribution in [3.8, 4) is 0 Å². The first-order valence-electron chi connectivity index (χ1n) is 8.76. The number of benzene rings is 1. The summed E-state index contributed by atoms with van der Waals surface area (Å²) in [4.78, 5) is 0. The zero-order chi connectivity index (χ0) is 15.6. The van der Waals surface area contributed by atoms with Gasteiger partial charge in [-0.3, -0.25) is 0 Å². The highest BCUT2D eigenvalue weighted by Gasteiger charge is 2.21. The van der Waals surface area contributed by atoms with Crippen LogP contribution in [0.3, 0.4) is 0 Å². The van der Waals surface area contributed by atoms with Gasteiger partial charge in [-0.25, -0.2) is 0 Å². The molecule has 0 amide bonds. The highest BCUT2D eigenvalue weighted by Crippen LogP contribution is 2.37. The van der Waals surface area contributed by atoms with Gasteiger partial charge in [0.05, 0.1) is 13.2 Å². The van der Waals surface area contributed by atoms with Crippen molar-refractivity contribution in [2.45, 2.75) is 58.0 Å². The summed E-state index contributed by atoms with van der Waals surface area (Å²) in [6, 6.07) is 9.07. The van der Waals surface area contributed by atoms with Crippen molar-refractivity contribution in [1.29, 1.82) is 0 Å². The Balaban J connectivity index is 1.77. The largest absolute Gasteiger partial charge is 0.373 e. The van der Waals surface area contributed by atoms with Crippen LogP contribution in [-0.2, 0) is 11.3 Å². The van der Waals surface area contributed by atoms with Crippen LogP contribution in [0.15, 0.2) is 49.1 Å². The van der Waals surface area contributed by atoms with Crippen molar-refractivity contribution in [2.75, 3.05) is 6.61 Å². The molecule has 2 rings (SSSR count). The van der Waals surface area contributed by atoms with Gasteiger partial charge in [0, 0.05) is 0 Å². The van der Waals surface area contributed by atoms with E-state index in [0.29, 0.717) is 13.2 Å². The molecule has 1 heteroatoms. The molecular formula is C21H30O. The molecule has 1 aromatic rings. The van der Waals surface area contributed by atoms with E-state index in [1.807, 2.05) is 0 Å². The fraction of sp³-hybridized carbons (Fsp3) is 0.524. The van der Waals surface area contributed by atoms with Crippen molar-refractivity contribution in [3.05, 3.63) is 60.2 Å². The van der Waals surface area contributed by atoms with Crippen LogP contribution in [0.2, 0.25) is 0 Å². The summed E-state index contributed by atoms with van der Waals surface area (Å²) in [7, 11) is 0. The third-order valence-electron chi connectivity index (χ3n) is 4.68. The standard InChI is InChI=1S/C21H30O/c1-3-5-6-16-22-17-19-10-14-21(15-11-19)20-12-8-18(7-4-2)9-13-20/h4-6,10-11,14-15,18,20H,2-3,7-9,12-13,16-17H2,1H3. The van der Waals surface area contributed by atoms with Gasteiger partial charge in [-0.1, -0.05) is 49.4 Å². The summed E-state index contributed by atoms with van der Waals surface area (Å²) in [5.74, 6) is 1.63. The minimum atomic E-state index is 0.709. The Kier molecular flexibility index (Phi) is 7.45. The fourth-order valence-corrected chi connectivity index (χ4v) is 3.33. The predicted octanol–water partition coefficient (Wildman–Crippen LogP) is 6.02. The molecule has 0 aromatic heterocycles. The molecule has 22 heavy (non-hydrogen) atoms. The molecule has 0 spiro atoms. The molecule has 0 N–H and O–H groups in total. The summed E-state index contributed by atoms with van der Waals surface area (Å²) in [5, 5.41) is 0. The van der Waals surface area contributed by atoms with Gasteiger partial charge in [-0.15, -0.1) is 6.58 Å². The number of rotatable bonds is 8. The molecule has 1 nitrogen and oxygen atoms in total. The molecule has 0 radical (unpaired) electrons. The lowest BCUT2D eigenvalue weighted by molar-refractivity contribution is 0.148. The Hall–Kier alpha value is -1.34. The van der Waals surface area contributed by atoms with Crippen LogP contribution in [0.4, 0.5) is 0 Å². The zero-order valence-corrected chi connectivity index (χ0v) is 14.0. The van der Waals surface area contributed by atoms with E-state index < -0.39 is 0 Å². The van der Waals surface area contributed by atoms with E-state index in [4.69, 9.17) is 4.74 Å². The first-order chi connectivity index (χ1) is 10.8. The number of hydrogen-bond acceptors (Lipinski definition) is 1. The summed E-state index contributed by atoms with van der Waals surface area (Å²) in [6.07, 6.45) is 13.9. The monoisotopic (exact) mass is 298 g/mol. The van der Waals surface area contributed by atoms with Crippen molar-refractivity contribution in [1.82, 2.24) is 0 Å². The average molecular weight is 298 g/mol. The Morgan fingerprint density at radius 1 is 1.09 bits per heavy atom. The minimum absolute atomic E-state index is 0.709. The Morgan fingerprint density at radius 2 is 1.82 bits per heavy atom. The molecule has 120 valence electrons. The van der Waals surface area contributed by atoms with E-state index in [1.165, 1.54) is 43.2 Å². The van der Waals surface area contributed by atoms with Crippen LogP contribution in [0, 0.1) is 5.92 Å². The second kappa shape index (κ2) is 9.63. The Morgan fingerprint density at radius 3 is 2.45 bits per heavy atom. The van der Waals surface area contributed by atoms with Crippen LogP contribution < -0.4 is 0 Å². The van der Waals surface area contributed by atoms with E-state index in [9.17, 15) is 0 Å². The molecule has 0 heterocycles. The fourth-order valence-electron chi connectivity index (χ4n) is 3.33. The highest BCUT2D eigenvalue weighted by molar-refractivity contribution is 5.25. The van der Waals surface area contributed by atoms with E-state index in [-0.39, 0.29) is 0 Å². The molecule has 1 aromatic carbocycles. The third kappa shape index (κ3) is 5.46. The van der Waals surface area contributed by atoms with E-state index in [2.05, 4.69) is 56.0 Å². The lowest BCUT2D eigenvalue weighted by Crippen LogP contribution is -2.12.